The van der Waals surface area contributed by atoms with Crippen molar-refractivity contribution in [2.45, 2.75) is 12.8 Å². The van der Waals surface area contributed by atoms with E-state index in [1.165, 1.54) is 17.7 Å². The molecule has 1 aromatic carbocycles. The molecule has 1 N–H and O–H groups in total. The molecule has 0 saturated heterocycles. The van der Waals surface area contributed by atoms with E-state index in [4.69, 9.17) is 0 Å². The molecule has 0 bridgehead atoms. The Kier molecular flexibility index (Phi) is 1.28. The van der Waals surface area contributed by atoms with Crippen LogP contribution in [-0.4, -0.2) is 6.21 Å². The smallest absolute Gasteiger partial charge is 0.206 e. The zero-order valence-corrected chi connectivity index (χ0v) is 5.80. The molecule has 1 aromatic rings. The predicted molar refractivity (Wildman–Crippen MR) is 41.4 cm³/mol. The van der Waals surface area contributed by atoms with Crippen molar-refractivity contribution in [2.24, 2.45) is 0 Å². The molecule has 1 heteroatoms. The van der Waals surface area contributed by atoms with Gasteiger partial charge in [0, 0.05) is 18.1 Å². The lowest BCUT2D eigenvalue weighted by Gasteiger charge is -2.01. The predicted octanol–water partition coefficient (Wildman–Crippen LogP) is 0.416. The summed E-state index contributed by atoms with van der Waals surface area (Å²) >= 11 is 0. The Morgan fingerprint density at radius 2 is 2.10 bits per heavy atom. The van der Waals surface area contributed by atoms with Crippen molar-refractivity contribution in [1.29, 1.82) is 0 Å². The number of para-hydroxylation sites is 1. The lowest BCUT2D eigenvalue weighted by molar-refractivity contribution is -0.352. The highest BCUT2D eigenvalue weighted by molar-refractivity contribution is 5.57. The molecule has 0 radical (unpaired) electrons. The Morgan fingerprint density at radius 1 is 1.20 bits per heavy atom. The first-order chi connectivity index (χ1) is 4.97. The van der Waals surface area contributed by atoms with E-state index in [1.54, 1.807) is 0 Å². The second kappa shape index (κ2) is 2.25. The summed E-state index contributed by atoms with van der Waals surface area (Å²) in [6.45, 7) is 0. The molecule has 0 aromatic heterocycles. The maximum absolute atomic E-state index is 3.24. The zero-order chi connectivity index (χ0) is 6.81. The van der Waals surface area contributed by atoms with Gasteiger partial charge in [0.1, 0.15) is 6.21 Å². The fourth-order valence-corrected chi connectivity index (χ4v) is 1.29. The van der Waals surface area contributed by atoms with E-state index in [9.17, 15) is 0 Å². The molecule has 0 aliphatic carbocycles. The van der Waals surface area contributed by atoms with Crippen molar-refractivity contribution in [3.05, 3.63) is 29.8 Å². The average Bonchev–Trinajstić information content (AvgIpc) is 2.05. The standard InChI is InChI=1S/C9H9N/c1-2-6-9-8(4-1)5-3-7-10-9/h1-2,4,6-7H,3,5H2/p+1. The first-order valence-corrected chi connectivity index (χ1v) is 3.63. The van der Waals surface area contributed by atoms with Gasteiger partial charge in [-0.05, 0) is 6.42 Å². The van der Waals surface area contributed by atoms with Gasteiger partial charge < -0.3 is 0 Å². The number of aryl methyl sites for hydroxylation is 1. The summed E-state index contributed by atoms with van der Waals surface area (Å²) in [5.41, 5.74) is 2.71. The molecule has 1 aliphatic rings. The zero-order valence-electron chi connectivity index (χ0n) is 5.80. The molecule has 0 unspecified atom stereocenters. The van der Waals surface area contributed by atoms with Crippen LogP contribution in [0.2, 0.25) is 0 Å². The van der Waals surface area contributed by atoms with Crippen molar-refractivity contribution >= 4 is 11.9 Å². The minimum absolute atomic E-state index is 1.15. The first-order valence-electron chi connectivity index (χ1n) is 3.63. The molecule has 0 fully saturated rings. The van der Waals surface area contributed by atoms with Crippen LogP contribution in [-0.2, 0) is 6.42 Å². The van der Waals surface area contributed by atoms with Gasteiger partial charge in [0.05, 0.1) is 0 Å². The lowest BCUT2D eigenvalue weighted by atomic mass is 10.1. The maximum Gasteiger partial charge on any atom is 0.206 e. The fraction of sp³-hybridized carbons (Fsp3) is 0.222. The van der Waals surface area contributed by atoms with Crippen molar-refractivity contribution in [3.8, 4) is 0 Å². The molecule has 2 rings (SSSR count). The van der Waals surface area contributed by atoms with Crippen LogP contribution in [0.1, 0.15) is 12.0 Å². The van der Waals surface area contributed by atoms with E-state index in [0.717, 1.165) is 6.42 Å². The minimum Gasteiger partial charge on any atom is -0.215 e. The van der Waals surface area contributed by atoms with Gasteiger partial charge in [0.25, 0.3) is 0 Å². The normalized spacial score (nSPS) is 14.8. The van der Waals surface area contributed by atoms with Gasteiger partial charge in [-0.25, -0.2) is 4.99 Å². The number of rotatable bonds is 0. The van der Waals surface area contributed by atoms with Gasteiger partial charge in [0.15, 0.2) is 0 Å². The Morgan fingerprint density at radius 3 is 3.00 bits per heavy atom. The molecule has 0 spiro atoms. The highest BCUT2D eigenvalue weighted by atomic mass is 14.7. The number of nitrogens with one attached hydrogen (secondary N) is 1. The third-order valence-corrected chi connectivity index (χ3v) is 1.83. The minimum atomic E-state index is 1.15. The van der Waals surface area contributed by atoms with Crippen LogP contribution in [0.15, 0.2) is 24.3 Å². The van der Waals surface area contributed by atoms with Crippen LogP contribution >= 0.6 is 0 Å². The van der Waals surface area contributed by atoms with Crippen molar-refractivity contribution in [2.75, 3.05) is 0 Å². The maximum atomic E-state index is 3.24. The summed E-state index contributed by atoms with van der Waals surface area (Å²) in [5, 5.41) is 0. The van der Waals surface area contributed by atoms with Crippen LogP contribution in [0, 0.1) is 0 Å². The second-order valence-corrected chi connectivity index (χ2v) is 2.54. The van der Waals surface area contributed by atoms with Crippen LogP contribution < -0.4 is 4.99 Å². The van der Waals surface area contributed by atoms with Gasteiger partial charge in [-0.1, -0.05) is 18.2 Å². The second-order valence-electron chi connectivity index (χ2n) is 2.54. The van der Waals surface area contributed by atoms with Gasteiger partial charge in [-0.15, -0.1) is 0 Å². The summed E-state index contributed by atoms with van der Waals surface area (Å²) in [7, 11) is 0. The van der Waals surface area contributed by atoms with Crippen molar-refractivity contribution in [1.82, 2.24) is 0 Å². The molecule has 1 heterocycles. The van der Waals surface area contributed by atoms with E-state index in [-0.39, 0.29) is 0 Å². The van der Waals surface area contributed by atoms with E-state index < -0.39 is 0 Å². The average molecular weight is 132 g/mol. The third kappa shape index (κ3) is 0.838. The molecule has 0 saturated carbocycles. The van der Waals surface area contributed by atoms with E-state index in [0.29, 0.717) is 0 Å². The van der Waals surface area contributed by atoms with Crippen LogP contribution in [0.5, 0.6) is 0 Å². The monoisotopic (exact) mass is 132 g/mol. The SMILES string of the molecule is C1=[NH+]c2ccccc2CC1. The van der Waals surface area contributed by atoms with Gasteiger partial charge in [-0.2, -0.15) is 0 Å². The van der Waals surface area contributed by atoms with Crippen molar-refractivity contribution < 1.29 is 4.99 Å². The van der Waals surface area contributed by atoms with Crippen LogP contribution in [0.25, 0.3) is 0 Å². The van der Waals surface area contributed by atoms with Gasteiger partial charge in [-0.3, -0.25) is 0 Å². The molecular formula is C9H10N+. The fourth-order valence-electron chi connectivity index (χ4n) is 1.29. The molecule has 50 valence electrons. The summed E-state index contributed by atoms with van der Waals surface area (Å²) < 4.78 is 0. The molecule has 1 aliphatic heterocycles. The third-order valence-electron chi connectivity index (χ3n) is 1.83. The summed E-state index contributed by atoms with van der Waals surface area (Å²) in [6, 6.07) is 8.44. The van der Waals surface area contributed by atoms with Crippen LogP contribution in [0.4, 0.5) is 5.69 Å². The molecular weight excluding hydrogens is 122 g/mol. The molecule has 10 heavy (non-hydrogen) atoms. The van der Waals surface area contributed by atoms with Gasteiger partial charge in [0.2, 0.25) is 5.69 Å². The number of hydrogen-bond acceptors (Lipinski definition) is 0. The molecule has 0 amide bonds. The van der Waals surface area contributed by atoms with E-state index in [1.807, 2.05) is 0 Å². The highest BCUT2D eigenvalue weighted by Crippen LogP contribution is 2.11. The Labute approximate surface area is 60.4 Å². The van der Waals surface area contributed by atoms with E-state index >= 15 is 0 Å². The number of fused-ring (bicyclic) bond motifs is 1. The lowest BCUT2D eigenvalue weighted by Crippen LogP contribution is -2.63. The Hall–Kier alpha value is -1.11. The number of benzene rings is 1. The molecule has 1 nitrogen and oxygen atoms in total. The van der Waals surface area contributed by atoms with Crippen molar-refractivity contribution in [3.63, 3.8) is 0 Å². The van der Waals surface area contributed by atoms with Crippen LogP contribution in [0.3, 0.4) is 0 Å². The first kappa shape index (κ1) is 5.66. The summed E-state index contributed by atoms with van der Waals surface area (Å²) in [5.74, 6) is 0. The Bertz CT molecular complexity index is 263. The number of hydrogen-bond donors (Lipinski definition) is 1. The van der Waals surface area contributed by atoms with E-state index in [2.05, 4.69) is 35.5 Å². The quantitative estimate of drug-likeness (QED) is 0.526. The summed E-state index contributed by atoms with van der Waals surface area (Å²) in [4.78, 5) is 3.24. The largest absolute Gasteiger partial charge is 0.215 e. The highest BCUT2D eigenvalue weighted by Gasteiger charge is 2.07. The topological polar surface area (TPSA) is 14.0 Å². The Balaban J connectivity index is 2.54. The summed E-state index contributed by atoms with van der Waals surface area (Å²) in [6.07, 6.45) is 4.45. The van der Waals surface area contributed by atoms with Gasteiger partial charge >= 0.3 is 0 Å². The molecule has 0 atom stereocenters.